The van der Waals surface area contributed by atoms with Gasteiger partial charge in [0.1, 0.15) is 5.60 Å². The summed E-state index contributed by atoms with van der Waals surface area (Å²) in [6.45, 7) is 15.1. The van der Waals surface area contributed by atoms with Gasteiger partial charge >= 0.3 is 5.97 Å². The summed E-state index contributed by atoms with van der Waals surface area (Å²) in [6.07, 6.45) is 17.9. The number of nitrogens with zero attached hydrogens (tertiary/aromatic N) is 2. The molecule has 42 heavy (non-hydrogen) atoms. The van der Waals surface area contributed by atoms with Crippen molar-refractivity contribution >= 4 is 11.9 Å². The summed E-state index contributed by atoms with van der Waals surface area (Å²) in [4.78, 5) is 30.6. The SMILES string of the molecule is CCCC(CCCCCCC(=O)OC(C)(C)C)CC(=O)N1CCN(C(C2=CCCC=C2)c2ccccc2)C[C@@H]1C(C)C. The minimum absolute atomic E-state index is 0.0984. The van der Waals surface area contributed by atoms with Gasteiger partial charge in [0.05, 0.1) is 6.04 Å². The Bertz CT molecular complexity index is 1020. The van der Waals surface area contributed by atoms with Gasteiger partial charge in [-0.15, -0.1) is 0 Å². The first-order valence-corrected chi connectivity index (χ1v) is 16.8. The summed E-state index contributed by atoms with van der Waals surface area (Å²) in [5.74, 6) is 1.08. The Morgan fingerprint density at radius 3 is 2.36 bits per heavy atom. The average Bonchev–Trinajstić information content (AvgIpc) is 2.95. The number of hydrogen-bond acceptors (Lipinski definition) is 4. The van der Waals surface area contributed by atoms with Crippen LogP contribution < -0.4 is 0 Å². The molecule has 0 radical (unpaired) electrons. The van der Waals surface area contributed by atoms with Crippen LogP contribution in [0.25, 0.3) is 0 Å². The zero-order valence-electron chi connectivity index (χ0n) is 27.4. The van der Waals surface area contributed by atoms with Gasteiger partial charge in [0.15, 0.2) is 0 Å². The lowest BCUT2D eigenvalue weighted by atomic mass is 9.89. The minimum atomic E-state index is -0.411. The summed E-state index contributed by atoms with van der Waals surface area (Å²) in [5.41, 5.74) is 2.32. The maximum atomic E-state index is 13.8. The number of ether oxygens (including phenoxy) is 1. The standard InChI is InChI=1S/C37H58N2O3/c1-7-18-30(19-12-8-9-17-24-35(41)42-37(4,5)6)27-34(40)39-26-25-38(28-33(39)29(2)3)36(31-20-13-10-14-21-31)32-22-15-11-16-23-32/h10,13-15,20-23,29-30,33,36H,7-9,11-12,16-19,24-28H2,1-6H3/t30?,33-,36?/m1/s1. The van der Waals surface area contributed by atoms with E-state index < -0.39 is 5.60 Å². The molecule has 2 unspecified atom stereocenters. The van der Waals surface area contributed by atoms with Crippen LogP contribution in [0.15, 0.2) is 54.1 Å². The number of carbonyl (C=O) groups is 2. The number of carbonyl (C=O) groups excluding carboxylic acids is 2. The summed E-state index contributed by atoms with van der Waals surface area (Å²) in [6, 6.07) is 11.3. The smallest absolute Gasteiger partial charge is 0.306 e. The molecule has 1 aliphatic carbocycles. The molecule has 1 amide bonds. The number of unbranched alkanes of at least 4 members (excludes halogenated alkanes) is 3. The summed E-state index contributed by atoms with van der Waals surface area (Å²) in [5, 5.41) is 0. The first-order chi connectivity index (χ1) is 20.1. The molecule has 1 aromatic rings. The quantitative estimate of drug-likeness (QED) is 0.154. The topological polar surface area (TPSA) is 49.9 Å². The van der Waals surface area contributed by atoms with Gasteiger partial charge in [-0.3, -0.25) is 14.5 Å². The van der Waals surface area contributed by atoms with Crippen LogP contribution in [0.4, 0.5) is 0 Å². The Kier molecular flexibility index (Phi) is 13.8. The van der Waals surface area contributed by atoms with Crippen LogP contribution in [0.3, 0.4) is 0 Å². The molecule has 1 saturated heterocycles. The first-order valence-electron chi connectivity index (χ1n) is 16.8. The molecule has 0 bridgehead atoms. The van der Waals surface area contributed by atoms with E-state index >= 15 is 0 Å². The van der Waals surface area contributed by atoms with E-state index in [0.717, 1.165) is 77.4 Å². The van der Waals surface area contributed by atoms with Crippen LogP contribution in [0.1, 0.15) is 124 Å². The second kappa shape index (κ2) is 17.0. The number of rotatable bonds is 15. The number of benzene rings is 1. The Morgan fingerprint density at radius 1 is 0.976 bits per heavy atom. The van der Waals surface area contributed by atoms with Crippen molar-refractivity contribution in [2.45, 2.75) is 130 Å². The third-order valence-electron chi connectivity index (χ3n) is 8.68. The highest BCUT2D eigenvalue weighted by molar-refractivity contribution is 5.77. The molecule has 5 heteroatoms. The number of piperazine rings is 1. The normalized spacial score (nSPS) is 19.5. The van der Waals surface area contributed by atoms with Gasteiger partial charge in [0.25, 0.3) is 0 Å². The van der Waals surface area contributed by atoms with Gasteiger partial charge in [0, 0.05) is 38.5 Å². The predicted octanol–water partition coefficient (Wildman–Crippen LogP) is 8.66. The van der Waals surface area contributed by atoms with Crippen molar-refractivity contribution in [1.82, 2.24) is 9.80 Å². The molecule has 0 saturated carbocycles. The average molecular weight is 579 g/mol. The first kappa shape index (κ1) is 34.1. The third-order valence-corrected chi connectivity index (χ3v) is 8.68. The minimum Gasteiger partial charge on any atom is -0.460 e. The molecule has 1 aromatic carbocycles. The summed E-state index contributed by atoms with van der Waals surface area (Å²) < 4.78 is 5.42. The zero-order valence-corrected chi connectivity index (χ0v) is 27.4. The number of allylic oxidation sites excluding steroid dienone is 2. The second-order valence-electron chi connectivity index (χ2n) is 13.8. The Morgan fingerprint density at radius 2 is 1.71 bits per heavy atom. The van der Waals surface area contributed by atoms with E-state index in [1.54, 1.807) is 0 Å². The monoisotopic (exact) mass is 578 g/mol. The highest BCUT2D eigenvalue weighted by Crippen LogP contribution is 2.35. The van der Waals surface area contributed by atoms with Crippen LogP contribution in [0.5, 0.6) is 0 Å². The largest absolute Gasteiger partial charge is 0.460 e. The zero-order chi connectivity index (χ0) is 30.5. The van der Waals surface area contributed by atoms with Gasteiger partial charge < -0.3 is 9.64 Å². The molecule has 1 fully saturated rings. The molecule has 3 rings (SSSR count). The molecule has 1 heterocycles. The molecular formula is C37H58N2O3. The van der Waals surface area contributed by atoms with Crippen molar-refractivity contribution in [2.24, 2.45) is 11.8 Å². The van der Waals surface area contributed by atoms with Crippen molar-refractivity contribution in [2.75, 3.05) is 19.6 Å². The molecule has 0 spiro atoms. The molecule has 2 aliphatic rings. The molecule has 0 N–H and O–H groups in total. The number of hydrogen-bond donors (Lipinski definition) is 0. The molecule has 1 aliphatic heterocycles. The van der Waals surface area contributed by atoms with E-state index in [1.165, 1.54) is 11.1 Å². The van der Waals surface area contributed by atoms with Crippen molar-refractivity contribution in [3.05, 3.63) is 59.7 Å². The lowest BCUT2D eigenvalue weighted by Crippen LogP contribution is -2.58. The van der Waals surface area contributed by atoms with Crippen LogP contribution in [-0.2, 0) is 14.3 Å². The van der Waals surface area contributed by atoms with Crippen molar-refractivity contribution < 1.29 is 14.3 Å². The van der Waals surface area contributed by atoms with Crippen molar-refractivity contribution in [3.63, 3.8) is 0 Å². The van der Waals surface area contributed by atoms with Gasteiger partial charge in [-0.05, 0) is 69.4 Å². The van der Waals surface area contributed by atoms with Gasteiger partial charge in [-0.25, -0.2) is 0 Å². The van der Waals surface area contributed by atoms with Crippen LogP contribution in [0.2, 0.25) is 0 Å². The van der Waals surface area contributed by atoms with E-state index in [1.807, 2.05) is 20.8 Å². The summed E-state index contributed by atoms with van der Waals surface area (Å²) in [7, 11) is 0. The van der Waals surface area contributed by atoms with Crippen LogP contribution >= 0.6 is 0 Å². The van der Waals surface area contributed by atoms with Crippen molar-refractivity contribution in [1.29, 1.82) is 0 Å². The fourth-order valence-corrected chi connectivity index (χ4v) is 6.60. The highest BCUT2D eigenvalue weighted by Gasteiger charge is 2.36. The molecular weight excluding hydrogens is 520 g/mol. The number of esters is 1. The van der Waals surface area contributed by atoms with E-state index in [-0.39, 0.29) is 18.1 Å². The van der Waals surface area contributed by atoms with E-state index in [4.69, 9.17) is 4.74 Å². The fourth-order valence-electron chi connectivity index (χ4n) is 6.60. The van der Waals surface area contributed by atoms with Crippen molar-refractivity contribution in [3.8, 4) is 0 Å². The molecule has 3 atom stereocenters. The molecule has 234 valence electrons. The lowest BCUT2D eigenvalue weighted by molar-refractivity contribution is -0.155. The van der Waals surface area contributed by atoms with E-state index in [0.29, 0.717) is 30.6 Å². The summed E-state index contributed by atoms with van der Waals surface area (Å²) >= 11 is 0. The number of amides is 1. The van der Waals surface area contributed by atoms with E-state index in [9.17, 15) is 9.59 Å². The van der Waals surface area contributed by atoms with Gasteiger partial charge in [-0.1, -0.05) is 101 Å². The Balaban J connectivity index is 1.55. The lowest BCUT2D eigenvalue weighted by Gasteiger charge is -2.47. The van der Waals surface area contributed by atoms with E-state index in [2.05, 4.69) is 79.1 Å². The third kappa shape index (κ3) is 11.0. The second-order valence-corrected chi connectivity index (χ2v) is 13.8. The maximum Gasteiger partial charge on any atom is 0.306 e. The van der Waals surface area contributed by atoms with Crippen LogP contribution in [0, 0.1) is 11.8 Å². The fraction of sp³-hybridized carbons (Fsp3) is 0.676. The van der Waals surface area contributed by atoms with Crippen LogP contribution in [-0.4, -0.2) is 53.0 Å². The molecule has 0 aromatic heterocycles. The Labute approximate surface area is 256 Å². The van der Waals surface area contributed by atoms with Gasteiger partial charge in [-0.2, -0.15) is 0 Å². The maximum absolute atomic E-state index is 13.8. The predicted molar refractivity (Wildman–Crippen MR) is 174 cm³/mol. The highest BCUT2D eigenvalue weighted by atomic mass is 16.6. The Hall–Kier alpha value is -2.40. The van der Waals surface area contributed by atoms with Gasteiger partial charge in [0.2, 0.25) is 5.91 Å². The molecule has 5 nitrogen and oxygen atoms in total.